The average Bonchev–Trinajstić information content (AvgIpc) is 2.59. The highest BCUT2D eigenvalue weighted by atomic mass is 32.2. The van der Waals surface area contributed by atoms with Crippen molar-refractivity contribution in [2.75, 3.05) is 0 Å². The minimum atomic E-state index is 1.16. The highest BCUT2D eigenvalue weighted by molar-refractivity contribution is 8.32. The predicted molar refractivity (Wildman–Crippen MR) is 51.9 cm³/mol. The lowest BCUT2D eigenvalue weighted by molar-refractivity contribution is 1.41. The van der Waals surface area contributed by atoms with Crippen LogP contribution in [0.3, 0.4) is 0 Å². The molecule has 2 heterocycles. The van der Waals surface area contributed by atoms with Crippen molar-refractivity contribution in [3.8, 4) is 0 Å². The van der Waals surface area contributed by atoms with E-state index in [0.29, 0.717) is 0 Å². The summed E-state index contributed by atoms with van der Waals surface area (Å²) >= 11 is 4.77. The van der Waals surface area contributed by atoms with Crippen molar-refractivity contribution in [1.82, 2.24) is 4.98 Å². The second-order valence-electron chi connectivity index (χ2n) is 1.67. The van der Waals surface area contributed by atoms with Crippen molar-refractivity contribution in [1.29, 1.82) is 0 Å². The van der Waals surface area contributed by atoms with E-state index in [1.165, 1.54) is 15.5 Å². The third-order valence-electron chi connectivity index (χ3n) is 1.05. The summed E-state index contributed by atoms with van der Waals surface area (Å²) in [6, 6.07) is 0. The Balaban J connectivity index is 2.30. The van der Waals surface area contributed by atoms with Crippen molar-refractivity contribution in [3.05, 3.63) is 27.4 Å². The number of aromatic nitrogens is 1. The van der Waals surface area contributed by atoms with E-state index >= 15 is 0 Å². The van der Waals surface area contributed by atoms with Crippen molar-refractivity contribution < 1.29 is 0 Å². The van der Waals surface area contributed by atoms with Crippen LogP contribution in [0, 0.1) is 0 Å². The molecule has 0 radical (unpaired) electrons. The first-order valence-electron chi connectivity index (χ1n) is 2.76. The smallest absolute Gasteiger partial charge is 0.135 e. The molecule has 0 saturated heterocycles. The molecular formula is C6H5NS3. The molecule has 0 spiro atoms. The van der Waals surface area contributed by atoms with Crippen LogP contribution < -0.4 is 0 Å². The molecule has 0 aliphatic carbocycles. The third-order valence-corrected chi connectivity index (χ3v) is 4.39. The summed E-state index contributed by atoms with van der Waals surface area (Å²) in [7, 11) is 0. The molecule has 1 aliphatic heterocycles. The first-order valence-corrected chi connectivity index (χ1v) is 5.48. The summed E-state index contributed by atoms with van der Waals surface area (Å²) in [6.07, 6.45) is 1.85. The zero-order chi connectivity index (χ0) is 6.81. The molecule has 1 aromatic heterocycles. The summed E-state index contributed by atoms with van der Waals surface area (Å²) < 4.78 is 1.36. The molecule has 1 aromatic rings. The van der Waals surface area contributed by atoms with E-state index in [9.17, 15) is 0 Å². The third kappa shape index (κ3) is 1.19. The van der Waals surface area contributed by atoms with Gasteiger partial charge in [-0.05, 0) is 10.8 Å². The molecule has 1 aliphatic rings. The van der Waals surface area contributed by atoms with Crippen LogP contribution in [0.15, 0.2) is 22.4 Å². The lowest BCUT2D eigenvalue weighted by Gasteiger charge is -1.90. The van der Waals surface area contributed by atoms with Gasteiger partial charge in [-0.15, -0.1) is 11.3 Å². The normalized spacial score (nSPS) is 16.6. The van der Waals surface area contributed by atoms with Gasteiger partial charge in [-0.1, -0.05) is 11.8 Å². The predicted octanol–water partition coefficient (Wildman–Crippen LogP) is 2.30. The molecule has 2 rings (SSSR count). The SMILES string of the molecule is C1=C[SH]=C(c2nccs2)S1. The van der Waals surface area contributed by atoms with Crippen LogP contribution in [-0.4, -0.2) is 9.18 Å². The van der Waals surface area contributed by atoms with Gasteiger partial charge in [0.1, 0.15) is 5.01 Å². The standard InChI is InChI=1S/C6H5NS3/c1-2-8-5(7-1)6-9-3-4-10-6/h1-4,9H. The fraction of sp³-hybridized carbons (Fsp3) is 0. The summed E-state index contributed by atoms with van der Waals surface area (Å²) in [5.41, 5.74) is 0. The van der Waals surface area contributed by atoms with Gasteiger partial charge >= 0.3 is 0 Å². The Morgan fingerprint density at radius 3 is 3.10 bits per heavy atom. The van der Waals surface area contributed by atoms with Gasteiger partial charge in [0.25, 0.3) is 0 Å². The van der Waals surface area contributed by atoms with Crippen LogP contribution >= 0.6 is 34.4 Å². The topological polar surface area (TPSA) is 12.9 Å². The highest BCUT2D eigenvalue weighted by Gasteiger charge is 2.04. The Morgan fingerprint density at radius 2 is 2.50 bits per heavy atom. The number of rotatable bonds is 1. The Bertz CT molecular complexity index is 273. The first-order chi connectivity index (χ1) is 4.97. The van der Waals surface area contributed by atoms with Crippen LogP contribution in [0.5, 0.6) is 0 Å². The maximum Gasteiger partial charge on any atom is 0.135 e. The van der Waals surface area contributed by atoms with E-state index in [0.717, 1.165) is 5.01 Å². The largest absolute Gasteiger partial charge is 0.243 e. The second-order valence-corrected chi connectivity index (χ2v) is 4.79. The second kappa shape index (κ2) is 2.90. The summed E-state index contributed by atoms with van der Waals surface area (Å²) in [5, 5.41) is 7.42. The van der Waals surface area contributed by atoms with Gasteiger partial charge in [0.05, 0.1) is 4.20 Å². The summed E-state index contributed by atoms with van der Waals surface area (Å²) in [6.45, 7) is 0. The number of hydrogen-bond donors (Lipinski definition) is 1. The molecule has 0 bridgehead atoms. The molecule has 0 fully saturated rings. The van der Waals surface area contributed by atoms with Crippen molar-refractivity contribution in [3.63, 3.8) is 0 Å². The van der Waals surface area contributed by atoms with Gasteiger partial charge < -0.3 is 0 Å². The molecule has 0 aromatic carbocycles. The molecule has 4 heteroatoms. The zero-order valence-corrected chi connectivity index (χ0v) is 7.55. The van der Waals surface area contributed by atoms with Crippen molar-refractivity contribution in [2.45, 2.75) is 0 Å². The number of nitrogens with zero attached hydrogens (tertiary/aromatic N) is 1. The maximum absolute atomic E-state index is 4.21. The first kappa shape index (κ1) is 6.64. The molecule has 0 atom stereocenters. The van der Waals surface area contributed by atoms with Crippen LogP contribution in [0.2, 0.25) is 0 Å². The zero-order valence-electron chi connectivity index (χ0n) is 5.02. The van der Waals surface area contributed by atoms with E-state index < -0.39 is 0 Å². The van der Waals surface area contributed by atoms with Gasteiger partial charge in [-0.3, -0.25) is 0 Å². The molecule has 0 amide bonds. The summed E-state index contributed by atoms with van der Waals surface area (Å²) in [5.74, 6) is 0. The molecular weight excluding hydrogens is 182 g/mol. The molecule has 0 unspecified atom stereocenters. The molecule has 52 valence electrons. The monoisotopic (exact) mass is 187 g/mol. The van der Waals surface area contributed by atoms with Gasteiger partial charge in [0.15, 0.2) is 0 Å². The van der Waals surface area contributed by atoms with Crippen molar-refractivity contribution in [2.24, 2.45) is 0 Å². The minimum Gasteiger partial charge on any atom is -0.243 e. The van der Waals surface area contributed by atoms with Crippen LogP contribution in [-0.2, 0) is 0 Å². The Hall–Kier alpha value is -0.0600. The van der Waals surface area contributed by atoms with E-state index in [1.54, 1.807) is 23.1 Å². The molecule has 0 saturated carbocycles. The summed E-state index contributed by atoms with van der Waals surface area (Å²) in [4.78, 5) is 4.21. The molecule has 0 N–H and O–H groups in total. The van der Waals surface area contributed by atoms with E-state index in [-0.39, 0.29) is 0 Å². The van der Waals surface area contributed by atoms with E-state index in [1.807, 2.05) is 11.6 Å². The number of thioether (sulfide) groups is 1. The number of hydrogen-bond acceptors (Lipinski definition) is 3. The quantitative estimate of drug-likeness (QED) is 0.535. The van der Waals surface area contributed by atoms with Gasteiger partial charge in [-0.25, -0.2) is 4.98 Å². The average molecular weight is 187 g/mol. The van der Waals surface area contributed by atoms with Crippen LogP contribution in [0.1, 0.15) is 5.01 Å². The fourth-order valence-corrected chi connectivity index (χ4v) is 3.42. The number of thiol groups is 1. The number of thiazole rings is 1. The highest BCUT2D eigenvalue weighted by Crippen LogP contribution is 2.25. The fourth-order valence-electron chi connectivity index (χ4n) is 0.658. The van der Waals surface area contributed by atoms with Gasteiger partial charge in [0, 0.05) is 11.6 Å². The van der Waals surface area contributed by atoms with Gasteiger partial charge in [0.2, 0.25) is 0 Å². The van der Waals surface area contributed by atoms with E-state index in [2.05, 4.69) is 15.8 Å². The lowest BCUT2D eigenvalue weighted by Crippen LogP contribution is -1.85. The van der Waals surface area contributed by atoms with Crippen LogP contribution in [0.4, 0.5) is 0 Å². The molecule has 1 nitrogen and oxygen atoms in total. The Kier molecular flexibility index (Phi) is 1.93. The van der Waals surface area contributed by atoms with Gasteiger partial charge in [-0.2, -0.15) is 11.4 Å². The van der Waals surface area contributed by atoms with Crippen molar-refractivity contribution >= 4 is 38.6 Å². The molecule has 10 heavy (non-hydrogen) atoms. The minimum absolute atomic E-state index is 1.16. The van der Waals surface area contributed by atoms with E-state index in [4.69, 9.17) is 0 Å². The van der Waals surface area contributed by atoms with Crippen LogP contribution in [0.25, 0.3) is 0 Å². The maximum atomic E-state index is 4.21. The Morgan fingerprint density at radius 1 is 1.50 bits per heavy atom. The lowest BCUT2D eigenvalue weighted by atomic mass is 10.8. The Labute approximate surface area is 71.1 Å².